The zero-order chi connectivity index (χ0) is 5.98. The summed E-state index contributed by atoms with van der Waals surface area (Å²) in [7, 11) is 0. The molecule has 0 fully saturated rings. The van der Waals surface area contributed by atoms with Crippen molar-refractivity contribution >= 4 is 0 Å². The Hall–Kier alpha value is 0.480. The van der Waals surface area contributed by atoms with Gasteiger partial charge >= 0.3 is 29.6 Å². The molecular formula is C8H13Na. The number of allylic oxidation sites excluding steroid dienone is 4. The van der Waals surface area contributed by atoms with Crippen LogP contribution >= 0.6 is 0 Å². The van der Waals surface area contributed by atoms with E-state index in [1.807, 2.05) is 0 Å². The molecule has 0 unspecified atom stereocenters. The molecule has 1 aliphatic carbocycles. The Balaban J connectivity index is 0. The molecule has 9 heavy (non-hydrogen) atoms. The maximum Gasteiger partial charge on any atom is 1.00 e. The SMILES string of the molecule is CC(C)C1=CC=CC1.[H-].[Na+]. The van der Waals surface area contributed by atoms with Gasteiger partial charge in [-0.3, -0.25) is 0 Å². The van der Waals surface area contributed by atoms with Crippen molar-refractivity contribution in [3.05, 3.63) is 23.8 Å². The summed E-state index contributed by atoms with van der Waals surface area (Å²) in [5.41, 5.74) is 1.56. The third-order valence-corrected chi connectivity index (χ3v) is 1.54. The van der Waals surface area contributed by atoms with E-state index in [2.05, 4.69) is 32.1 Å². The number of hydrogen-bond donors (Lipinski definition) is 0. The van der Waals surface area contributed by atoms with E-state index in [0.717, 1.165) is 5.92 Å². The molecule has 0 aromatic rings. The van der Waals surface area contributed by atoms with Crippen molar-refractivity contribution in [3.8, 4) is 0 Å². The molecule has 0 N–H and O–H groups in total. The van der Waals surface area contributed by atoms with Gasteiger partial charge in [-0.05, 0) is 12.3 Å². The van der Waals surface area contributed by atoms with E-state index in [1.54, 1.807) is 5.57 Å². The Morgan fingerprint density at radius 2 is 2.22 bits per heavy atom. The van der Waals surface area contributed by atoms with E-state index in [1.165, 1.54) is 6.42 Å². The Morgan fingerprint density at radius 3 is 2.44 bits per heavy atom. The number of hydrogen-bond acceptors (Lipinski definition) is 0. The number of rotatable bonds is 1. The van der Waals surface area contributed by atoms with E-state index in [-0.39, 0.29) is 31.0 Å². The summed E-state index contributed by atoms with van der Waals surface area (Å²) < 4.78 is 0. The monoisotopic (exact) mass is 132 g/mol. The molecule has 0 atom stereocenters. The molecule has 1 aliphatic rings. The summed E-state index contributed by atoms with van der Waals surface area (Å²) in [6, 6.07) is 0. The Bertz CT molecular complexity index is 136. The molecule has 46 valence electrons. The van der Waals surface area contributed by atoms with Gasteiger partial charge in [0, 0.05) is 0 Å². The summed E-state index contributed by atoms with van der Waals surface area (Å²) >= 11 is 0. The van der Waals surface area contributed by atoms with Crippen LogP contribution in [0.25, 0.3) is 0 Å². The third kappa shape index (κ3) is 2.70. The molecule has 1 rings (SSSR count). The van der Waals surface area contributed by atoms with Crippen molar-refractivity contribution < 1.29 is 31.0 Å². The molecule has 1 heteroatoms. The normalized spacial score (nSPS) is 15.7. The van der Waals surface area contributed by atoms with Gasteiger partial charge in [-0.25, -0.2) is 0 Å². The second-order valence-electron chi connectivity index (χ2n) is 2.53. The second-order valence-corrected chi connectivity index (χ2v) is 2.53. The smallest absolute Gasteiger partial charge is 1.00 e. The van der Waals surface area contributed by atoms with Gasteiger partial charge < -0.3 is 1.43 Å². The van der Waals surface area contributed by atoms with Crippen molar-refractivity contribution in [2.75, 3.05) is 0 Å². The van der Waals surface area contributed by atoms with Gasteiger partial charge in [0.25, 0.3) is 0 Å². The van der Waals surface area contributed by atoms with Gasteiger partial charge in [0.15, 0.2) is 0 Å². The fourth-order valence-corrected chi connectivity index (χ4v) is 0.892. The largest absolute Gasteiger partial charge is 1.00 e. The fraction of sp³-hybridized carbons (Fsp3) is 0.500. The molecule has 0 nitrogen and oxygen atoms in total. The standard InChI is InChI=1S/C8H12.Na.H/c1-7(2)8-5-3-4-6-8;;/h3-5,7H,6H2,1-2H3;;/q;+1;-1. The van der Waals surface area contributed by atoms with Crippen molar-refractivity contribution in [1.29, 1.82) is 0 Å². The van der Waals surface area contributed by atoms with Gasteiger partial charge in [-0.1, -0.05) is 37.6 Å². The van der Waals surface area contributed by atoms with Crippen LogP contribution in [0.4, 0.5) is 0 Å². The first-order valence-corrected chi connectivity index (χ1v) is 3.16. The van der Waals surface area contributed by atoms with Crippen LogP contribution in [0, 0.1) is 5.92 Å². The van der Waals surface area contributed by atoms with Crippen molar-refractivity contribution in [3.63, 3.8) is 0 Å². The molecule has 0 aromatic heterocycles. The fourth-order valence-electron chi connectivity index (χ4n) is 0.892. The molecule has 0 aromatic carbocycles. The van der Waals surface area contributed by atoms with Crippen molar-refractivity contribution in [2.45, 2.75) is 20.3 Å². The van der Waals surface area contributed by atoms with E-state index in [4.69, 9.17) is 0 Å². The summed E-state index contributed by atoms with van der Waals surface area (Å²) in [5, 5.41) is 0. The summed E-state index contributed by atoms with van der Waals surface area (Å²) in [4.78, 5) is 0. The molecular weight excluding hydrogens is 119 g/mol. The first-order chi connectivity index (χ1) is 3.80. The van der Waals surface area contributed by atoms with E-state index in [0.29, 0.717) is 0 Å². The van der Waals surface area contributed by atoms with E-state index in [9.17, 15) is 0 Å². The van der Waals surface area contributed by atoms with Crippen LogP contribution in [0.2, 0.25) is 0 Å². The predicted octanol–water partition coefficient (Wildman–Crippen LogP) is -0.355. The zero-order valence-corrected chi connectivity index (χ0v) is 8.52. The van der Waals surface area contributed by atoms with Gasteiger partial charge in [-0.2, -0.15) is 0 Å². The van der Waals surface area contributed by atoms with Crippen LogP contribution in [0.15, 0.2) is 23.8 Å². The molecule has 0 spiro atoms. The molecule has 0 heterocycles. The first kappa shape index (κ1) is 9.48. The molecule has 0 aliphatic heterocycles. The maximum atomic E-state index is 2.23. The zero-order valence-electron chi connectivity index (χ0n) is 7.52. The first-order valence-electron chi connectivity index (χ1n) is 3.16. The van der Waals surface area contributed by atoms with E-state index < -0.39 is 0 Å². The quantitative estimate of drug-likeness (QED) is 0.428. The molecule has 0 bridgehead atoms. The Morgan fingerprint density at radius 1 is 1.56 bits per heavy atom. The van der Waals surface area contributed by atoms with Crippen LogP contribution in [0.1, 0.15) is 21.7 Å². The van der Waals surface area contributed by atoms with Crippen molar-refractivity contribution in [1.82, 2.24) is 0 Å². The average molecular weight is 132 g/mol. The van der Waals surface area contributed by atoms with Crippen LogP contribution in [0.5, 0.6) is 0 Å². The Kier molecular flexibility index (Phi) is 4.55. The minimum absolute atomic E-state index is 0. The third-order valence-electron chi connectivity index (χ3n) is 1.54. The van der Waals surface area contributed by atoms with Crippen LogP contribution in [0.3, 0.4) is 0 Å². The molecule has 0 radical (unpaired) electrons. The molecule has 0 saturated heterocycles. The topological polar surface area (TPSA) is 0 Å². The van der Waals surface area contributed by atoms with Crippen molar-refractivity contribution in [2.24, 2.45) is 5.92 Å². The second kappa shape index (κ2) is 4.32. The van der Waals surface area contributed by atoms with Gasteiger partial charge in [0.1, 0.15) is 0 Å². The van der Waals surface area contributed by atoms with Gasteiger partial charge in [0.2, 0.25) is 0 Å². The predicted molar refractivity (Wildman–Crippen MR) is 37.8 cm³/mol. The summed E-state index contributed by atoms with van der Waals surface area (Å²) in [6.07, 6.45) is 7.73. The summed E-state index contributed by atoms with van der Waals surface area (Å²) in [6.45, 7) is 4.47. The van der Waals surface area contributed by atoms with Crippen LogP contribution in [-0.4, -0.2) is 0 Å². The van der Waals surface area contributed by atoms with E-state index >= 15 is 0 Å². The maximum absolute atomic E-state index is 2.23. The van der Waals surface area contributed by atoms with Crippen LogP contribution < -0.4 is 29.6 Å². The van der Waals surface area contributed by atoms with Gasteiger partial charge in [-0.15, -0.1) is 0 Å². The minimum Gasteiger partial charge on any atom is -1.00 e. The minimum atomic E-state index is 0. The molecule has 0 amide bonds. The molecule has 0 saturated carbocycles. The summed E-state index contributed by atoms with van der Waals surface area (Å²) in [5.74, 6) is 0.741. The average Bonchev–Trinajstić information content (AvgIpc) is 2.12. The van der Waals surface area contributed by atoms with Gasteiger partial charge in [0.05, 0.1) is 0 Å². The Labute approximate surface area is 80.8 Å². The van der Waals surface area contributed by atoms with Crippen LogP contribution in [-0.2, 0) is 0 Å².